The Labute approximate surface area is 119 Å². The Kier molecular flexibility index (Phi) is 4.98. The number of nitrogens with zero attached hydrogens (tertiary/aromatic N) is 2. The molecule has 1 aliphatic rings. The molecule has 1 aromatic rings. The van der Waals surface area contributed by atoms with Crippen molar-refractivity contribution in [3.63, 3.8) is 0 Å². The van der Waals surface area contributed by atoms with Crippen LogP contribution < -0.4 is 4.74 Å². The Morgan fingerprint density at radius 2 is 1.85 bits per heavy atom. The Bertz CT molecular complexity index is 439. The minimum absolute atomic E-state index is 0.447. The average molecular weight is 278 g/mol. The number of piperazine rings is 1. The van der Waals surface area contributed by atoms with Crippen LogP contribution in [0, 0.1) is 0 Å². The van der Waals surface area contributed by atoms with Gasteiger partial charge in [0.25, 0.3) is 0 Å². The second kappa shape index (κ2) is 6.72. The number of hydrogen-bond donors (Lipinski definition) is 1. The number of aliphatic carboxylic acids is 1. The number of hydrogen-bond acceptors (Lipinski definition) is 4. The molecule has 0 aromatic heterocycles. The number of ether oxygens (including phenoxy) is 1. The summed E-state index contributed by atoms with van der Waals surface area (Å²) in [5, 5.41) is 9.47. The first kappa shape index (κ1) is 14.8. The maximum absolute atomic E-state index is 11.5. The molecular weight excluding hydrogens is 256 g/mol. The van der Waals surface area contributed by atoms with Gasteiger partial charge in [-0.25, -0.2) is 0 Å². The summed E-state index contributed by atoms with van der Waals surface area (Å²) >= 11 is 0. The number of benzene rings is 1. The van der Waals surface area contributed by atoms with Crippen molar-refractivity contribution in [2.75, 3.05) is 40.3 Å². The molecule has 20 heavy (non-hydrogen) atoms. The van der Waals surface area contributed by atoms with Gasteiger partial charge in [0.15, 0.2) is 0 Å². The zero-order valence-corrected chi connectivity index (χ0v) is 12.1. The molecule has 1 aromatic carbocycles. The van der Waals surface area contributed by atoms with Gasteiger partial charge in [0, 0.05) is 26.2 Å². The smallest absolute Gasteiger partial charge is 0.321 e. The molecule has 0 spiro atoms. The number of methoxy groups -OCH3 is 1. The van der Waals surface area contributed by atoms with Gasteiger partial charge >= 0.3 is 5.97 Å². The largest absolute Gasteiger partial charge is 0.497 e. The topological polar surface area (TPSA) is 53.0 Å². The zero-order chi connectivity index (χ0) is 14.5. The van der Waals surface area contributed by atoms with Crippen LogP contribution in [0.1, 0.15) is 5.56 Å². The first-order chi connectivity index (χ1) is 9.60. The number of carboxylic acids is 1. The Balaban J connectivity index is 2.03. The molecule has 0 amide bonds. The highest BCUT2D eigenvalue weighted by atomic mass is 16.5. The molecule has 0 radical (unpaired) electrons. The molecule has 0 unspecified atom stereocenters. The van der Waals surface area contributed by atoms with Crippen LogP contribution in [0.15, 0.2) is 24.3 Å². The average Bonchev–Trinajstić information content (AvgIpc) is 2.46. The van der Waals surface area contributed by atoms with E-state index in [1.807, 2.05) is 24.3 Å². The first-order valence-electron chi connectivity index (χ1n) is 6.88. The van der Waals surface area contributed by atoms with Gasteiger partial charge in [-0.3, -0.25) is 9.69 Å². The van der Waals surface area contributed by atoms with Crippen molar-refractivity contribution < 1.29 is 14.6 Å². The molecule has 1 N–H and O–H groups in total. The van der Waals surface area contributed by atoms with Crippen molar-refractivity contribution in [1.29, 1.82) is 0 Å². The second-order valence-electron chi connectivity index (χ2n) is 5.25. The Hall–Kier alpha value is -1.59. The van der Waals surface area contributed by atoms with E-state index in [2.05, 4.69) is 16.8 Å². The van der Waals surface area contributed by atoms with Crippen LogP contribution in [0.4, 0.5) is 0 Å². The van der Waals surface area contributed by atoms with E-state index in [0.29, 0.717) is 6.42 Å². The Morgan fingerprint density at radius 1 is 1.25 bits per heavy atom. The van der Waals surface area contributed by atoms with E-state index in [-0.39, 0.29) is 0 Å². The highest BCUT2D eigenvalue weighted by molar-refractivity contribution is 5.74. The van der Waals surface area contributed by atoms with Crippen LogP contribution in [-0.2, 0) is 11.2 Å². The van der Waals surface area contributed by atoms with Crippen LogP contribution >= 0.6 is 0 Å². The normalized spacial score (nSPS) is 18.7. The van der Waals surface area contributed by atoms with Crippen LogP contribution in [-0.4, -0.2) is 67.3 Å². The lowest BCUT2D eigenvalue weighted by molar-refractivity contribution is -0.144. The molecule has 110 valence electrons. The second-order valence-corrected chi connectivity index (χ2v) is 5.25. The van der Waals surface area contributed by atoms with Gasteiger partial charge in [0.1, 0.15) is 11.8 Å². The van der Waals surface area contributed by atoms with E-state index < -0.39 is 12.0 Å². The van der Waals surface area contributed by atoms with Crippen molar-refractivity contribution in [1.82, 2.24) is 9.80 Å². The van der Waals surface area contributed by atoms with Crippen molar-refractivity contribution in [3.8, 4) is 5.75 Å². The third-order valence-corrected chi connectivity index (χ3v) is 3.85. The standard InChI is InChI=1S/C15H22N2O3/c1-16-7-9-17(10-8-16)14(15(18)19)11-12-3-5-13(20-2)6-4-12/h3-6,14H,7-11H2,1-2H3,(H,18,19)/t14-/m1/s1. The van der Waals surface area contributed by atoms with Crippen LogP contribution in [0.25, 0.3) is 0 Å². The van der Waals surface area contributed by atoms with Gasteiger partial charge in [-0.05, 0) is 31.2 Å². The van der Waals surface area contributed by atoms with Crippen molar-refractivity contribution in [2.24, 2.45) is 0 Å². The van der Waals surface area contributed by atoms with Gasteiger partial charge < -0.3 is 14.7 Å². The summed E-state index contributed by atoms with van der Waals surface area (Å²) < 4.78 is 5.12. The number of rotatable bonds is 5. The minimum atomic E-state index is -0.745. The molecule has 2 rings (SSSR count). The van der Waals surface area contributed by atoms with E-state index >= 15 is 0 Å². The summed E-state index contributed by atoms with van der Waals surface area (Å²) in [4.78, 5) is 15.8. The van der Waals surface area contributed by atoms with Crippen molar-refractivity contribution in [3.05, 3.63) is 29.8 Å². The molecular formula is C15H22N2O3. The first-order valence-corrected chi connectivity index (χ1v) is 6.88. The highest BCUT2D eigenvalue weighted by Gasteiger charge is 2.28. The van der Waals surface area contributed by atoms with Crippen LogP contribution in [0.5, 0.6) is 5.75 Å². The third kappa shape index (κ3) is 3.71. The van der Waals surface area contributed by atoms with Gasteiger partial charge in [0.05, 0.1) is 7.11 Å². The predicted molar refractivity (Wildman–Crippen MR) is 77.2 cm³/mol. The molecule has 0 bridgehead atoms. The molecule has 1 aliphatic heterocycles. The SMILES string of the molecule is COc1ccc(C[C@H](C(=O)O)N2CCN(C)CC2)cc1. The molecule has 1 saturated heterocycles. The van der Waals surface area contributed by atoms with E-state index in [0.717, 1.165) is 37.5 Å². The van der Waals surface area contributed by atoms with Crippen molar-refractivity contribution in [2.45, 2.75) is 12.5 Å². The lowest BCUT2D eigenvalue weighted by atomic mass is 10.0. The lowest BCUT2D eigenvalue weighted by Gasteiger charge is -2.36. The van der Waals surface area contributed by atoms with E-state index in [1.165, 1.54) is 0 Å². The monoisotopic (exact) mass is 278 g/mol. The van der Waals surface area contributed by atoms with Crippen LogP contribution in [0.3, 0.4) is 0 Å². The molecule has 1 atom stereocenters. The van der Waals surface area contributed by atoms with E-state index in [4.69, 9.17) is 4.74 Å². The van der Waals surface area contributed by atoms with Crippen LogP contribution in [0.2, 0.25) is 0 Å². The minimum Gasteiger partial charge on any atom is -0.497 e. The fraction of sp³-hybridized carbons (Fsp3) is 0.533. The molecule has 1 fully saturated rings. The molecule has 0 aliphatic carbocycles. The quantitative estimate of drug-likeness (QED) is 0.868. The summed E-state index contributed by atoms with van der Waals surface area (Å²) in [6.45, 7) is 3.46. The number of likely N-dealkylation sites (N-methyl/N-ethyl adjacent to an activating group) is 1. The summed E-state index contributed by atoms with van der Waals surface area (Å²) in [7, 11) is 3.69. The van der Waals surface area contributed by atoms with Gasteiger partial charge in [-0.2, -0.15) is 0 Å². The fourth-order valence-electron chi connectivity index (χ4n) is 2.49. The molecule has 5 nitrogen and oxygen atoms in total. The molecule has 0 saturated carbocycles. The highest BCUT2D eigenvalue weighted by Crippen LogP contribution is 2.16. The fourth-order valence-corrected chi connectivity index (χ4v) is 2.49. The maximum atomic E-state index is 11.5. The molecule has 5 heteroatoms. The summed E-state index contributed by atoms with van der Waals surface area (Å²) in [6.07, 6.45) is 0.531. The van der Waals surface area contributed by atoms with Gasteiger partial charge in [-0.15, -0.1) is 0 Å². The number of carbonyl (C=O) groups is 1. The van der Waals surface area contributed by atoms with Gasteiger partial charge in [-0.1, -0.05) is 12.1 Å². The van der Waals surface area contributed by atoms with Crippen molar-refractivity contribution >= 4 is 5.97 Å². The zero-order valence-electron chi connectivity index (χ0n) is 12.1. The number of carboxylic acid groups (broad SMARTS) is 1. The summed E-state index contributed by atoms with van der Waals surface area (Å²) in [6, 6.07) is 7.17. The van der Waals surface area contributed by atoms with Gasteiger partial charge in [0.2, 0.25) is 0 Å². The summed E-state index contributed by atoms with van der Waals surface area (Å²) in [5.41, 5.74) is 1.03. The lowest BCUT2D eigenvalue weighted by Crippen LogP contribution is -2.52. The third-order valence-electron chi connectivity index (χ3n) is 3.85. The predicted octanol–water partition coefficient (Wildman–Crippen LogP) is 0.938. The summed E-state index contributed by atoms with van der Waals surface area (Å²) in [5.74, 6) is 0.0468. The molecule has 1 heterocycles. The van der Waals surface area contributed by atoms with E-state index in [1.54, 1.807) is 7.11 Å². The Morgan fingerprint density at radius 3 is 2.35 bits per heavy atom. The van der Waals surface area contributed by atoms with E-state index in [9.17, 15) is 9.90 Å². The maximum Gasteiger partial charge on any atom is 0.321 e.